The smallest absolute Gasteiger partial charge is 0.275 e. The zero-order valence-electron chi connectivity index (χ0n) is 14.0. The maximum Gasteiger partial charge on any atom is 0.275 e. The van der Waals surface area contributed by atoms with Crippen molar-refractivity contribution in [3.8, 4) is 0 Å². The van der Waals surface area contributed by atoms with Crippen molar-refractivity contribution in [1.29, 1.82) is 0 Å². The number of halogens is 1. The molecule has 2 heterocycles. The number of nitrogens with zero attached hydrogens (tertiary/aromatic N) is 3. The van der Waals surface area contributed by atoms with Gasteiger partial charge in [-0.3, -0.25) is 4.79 Å². The average Bonchev–Trinajstić information content (AvgIpc) is 2.68. The van der Waals surface area contributed by atoms with Crippen LogP contribution >= 0.6 is 11.6 Å². The summed E-state index contributed by atoms with van der Waals surface area (Å²) in [5.41, 5.74) is 3.59. The van der Waals surface area contributed by atoms with E-state index in [1.165, 1.54) is 17.3 Å². The van der Waals surface area contributed by atoms with Gasteiger partial charge in [0, 0.05) is 23.8 Å². The molecule has 1 aromatic heterocycles. The van der Waals surface area contributed by atoms with Gasteiger partial charge in [-0.05, 0) is 35.7 Å². The third-order valence-corrected chi connectivity index (χ3v) is 4.64. The molecule has 4 rings (SSSR count). The first-order valence-corrected chi connectivity index (χ1v) is 8.77. The van der Waals surface area contributed by atoms with Gasteiger partial charge in [0.1, 0.15) is 11.5 Å². The molecule has 0 atom stereocenters. The summed E-state index contributed by atoms with van der Waals surface area (Å²) in [7, 11) is 0. The van der Waals surface area contributed by atoms with E-state index in [1.807, 2.05) is 0 Å². The van der Waals surface area contributed by atoms with Crippen LogP contribution in [0.15, 0.2) is 60.9 Å². The van der Waals surface area contributed by atoms with E-state index in [-0.39, 0.29) is 11.6 Å². The summed E-state index contributed by atoms with van der Waals surface area (Å²) in [5, 5.41) is 3.34. The second-order valence-corrected chi connectivity index (χ2v) is 6.60. The molecule has 0 saturated heterocycles. The molecule has 1 aliphatic rings. The fourth-order valence-corrected chi connectivity index (χ4v) is 3.24. The van der Waals surface area contributed by atoms with E-state index >= 15 is 0 Å². The van der Waals surface area contributed by atoms with Gasteiger partial charge in [0.25, 0.3) is 5.91 Å². The molecule has 5 nitrogen and oxygen atoms in total. The molecule has 0 spiro atoms. The fourth-order valence-electron chi connectivity index (χ4n) is 3.05. The molecule has 1 amide bonds. The summed E-state index contributed by atoms with van der Waals surface area (Å²) in [6.07, 6.45) is 4.14. The van der Waals surface area contributed by atoms with Crippen molar-refractivity contribution in [2.75, 3.05) is 16.8 Å². The lowest BCUT2D eigenvalue weighted by Gasteiger charge is -2.29. The number of benzene rings is 2. The number of fused-ring (bicyclic) bond motifs is 1. The van der Waals surface area contributed by atoms with Crippen LogP contribution in [0.5, 0.6) is 0 Å². The summed E-state index contributed by atoms with van der Waals surface area (Å²) in [6, 6.07) is 15.4. The van der Waals surface area contributed by atoms with Gasteiger partial charge < -0.3 is 10.2 Å². The van der Waals surface area contributed by atoms with Crippen LogP contribution < -0.4 is 10.2 Å². The van der Waals surface area contributed by atoms with E-state index in [0.29, 0.717) is 10.7 Å². The Balaban J connectivity index is 1.46. The van der Waals surface area contributed by atoms with E-state index < -0.39 is 0 Å². The lowest BCUT2D eigenvalue weighted by Crippen LogP contribution is -2.31. The summed E-state index contributed by atoms with van der Waals surface area (Å²) >= 11 is 5.93. The van der Waals surface area contributed by atoms with Crippen LogP contribution in [0.4, 0.5) is 11.5 Å². The standard InChI is InChI=1S/C20H17ClN4O/c21-16-6-3-7-17(10-16)24-20(26)18-11-23-19(12-22-18)25-9-8-14-4-1-2-5-15(14)13-25/h1-7,10-12H,8-9,13H2,(H,24,26). The molecule has 0 fully saturated rings. The van der Waals surface area contributed by atoms with Crippen LogP contribution in [0.1, 0.15) is 21.6 Å². The number of anilines is 2. The molecule has 3 aromatic rings. The van der Waals surface area contributed by atoms with Crippen LogP contribution in [-0.4, -0.2) is 22.4 Å². The van der Waals surface area contributed by atoms with Crippen molar-refractivity contribution in [2.45, 2.75) is 13.0 Å². The predicted molar refractivity (Wildman–Crippen MR) is 103 cm³/mol. The van der Waals surface area contributed by atoms with Gasteiger partial charge in [-0.15, -0.1) is 0 Å². The van der Waals surface area contributed by atoms with Gasteiger partial charge in [0.15, 0.2) is 0 Å². The Morgan fingerprint density at radius 1 is 1.04 bits per heavy atom. The Morgan fingerprint density at radius 2 is 1.88 bits per heavy atom. The highest BCUT2D eigenvalue weighted by molar-refractivity contribution is 6.30. The predicted octanol–water partition coefficient (Wildman–Crippen LogP) is 3.95. The molecule has 0 radical (unpaired) electrons. The molecule has 0 aliphatic carbocycles. The normalized spacial score (nSPS) is 13.2. The van der Waals surface area contributed by atoms with Crippen LogP contribution in [0.3, 0.4) is 0 Å². The minimum Gasteiger partial charge on any atom is -0.351 e. The van der Waals surface area contributed by atoms with Crippen molar-refractivity contribution in [2.24, 2.45) is 0 Å². The Hall–Kier alpha value is -2.92. The molecule has 1 aliphatic heterocycles. The van der Waals surface area contributed by atoms with E-state index in [2.05, 4.69) is 44.5 Å². The fraction of sp³-hybridized carbons (Fsp3) is 0.150. The largest absolute Gasteiger partial charge is 0.351 e. The minimum atomic E-state index is -0.310. The summed E-state index contributed by atoms with van der Waals surface area (Å²) in [5.74, 6) is 0.467. The first kappa shape index (κ1) is 16.5. The number of amides is 1. The number of aromatic nitrogens is 2. The molecular formula is C20H17ClN4O. The third kappa shape index (κ3) is 3.53. The number of carbonyl (C=O) groups is 1. The Morgan fingerprint density at radius 3 is 2.65 bits per heavy atom. The number of rotatable bonds is 3. The quantitative estimate of drug-likeness (QED) is 0.764. The molecule has 2 aromatic carbocycles. The lowest BCUT2D eigenvalue weighted by atomic mass is 10.0. The SMILES string of the molecule is O=C(Nc1cccc(Cl)c1)c1cnc(N2CCc3ccccc3C2)cn1. The van der Waals surface area contributed by atoms with E-state index in [4.69, 9.17) is 11.6 Å². The van der Waals surface area contributed by atoms with Crippen molar-refractivity contribution in [1.82, 2.24) is 9.97 Å². The van der Waals surface area contributed by atoms with Gasteiger partial charge in [-0.25, -0.2) is 9.97 Å². The molecular weight excluding hydrogens is 348 g/mol. The molecule has 130 valence electrons. The van der Waals surface area contributed by atoms with Gasteiger partial charge in [0.05, 0.1) is 12.4 Å². The highest BCUT2D eigenvalue weighted by Gasteiger charge is 2.18. The minimum absolute atomic E-state index is 0.270. The first-order chi connectivity index (χ1) is 12.7. The molecule has 1 N–H and O–H groups in total. The Labute approximate surface area is 156 Å². The van der Waals surface area contributed by atoms with Crippen LogP contribution in [0, 0.1) is 0 Å². The molecule has 6 heteroatoms. The second kappa shape index (κ2) is 7.14. The number of carbonyl (C=O) groups excluding carboxylic acids is 1. The second-order valence-electron chi connectivity index (χ2n) is 6.16. The van der Waals surface area contributed by atoms with Crippen molar-refractivity contribution >= 4 is 29.0 Å². The Bertz CT molecular complexity index is 943. The lowest BCUT2D eigenvalue weighted by molar-refractivity contribution is 0.102. The molecule has 26 heavy (non-hydrogen) atoms. The maximum atomic E-state index is 12.3. The zero-order valence-corrected chi connectivity index (χ0v) is 14.8. The van der Waals surface area contributed by atoms with Crippen LogP contribution in [-0.2, 0) is 13.0 Å². The summed E-state index contributed by atoms with van der Waals surface area (Å²) in [4.78, 5) is 23.2. The van der Waals surface area contributed by atoms with Crippen LogP contribution in [0.2, 0.25) is 5.02 Å². The van der Waals surface area contributed by atoms with Gasteiger partial charge in [-0.2, -0.15) is 0 Å². The van der Waals surface area contributed by atoms with Gasteiger partial charge in [-0.1, -0.05) is 41.9 Å². The molecule has 0 bridgehead atoms. The first-order valence-electron chi connectivity index (χ1n) is 8.40. The monoisotopic (exact) mass is 364 g/mol. The topological polar surface area (TPSA) is 58.1 Å². The van der Waals surface area contributed by atoms with Crippen LogP contribution in [0.25, 0.3) is 0 Å². The van der Waals surface area contributed by atoms with Crippen molar-refractivity contribution in [3.63, 3.8) is 0 Å². The number of hydrogen-bond acceptors (Lipinski definition) is 4. The number of nitrogens with one attached hydrogen (secondary N) is 1. The average molecular weight is 365 g/mol. The van der Waals surface area contributed by atoms with Crippen molar-refractivity contribution in [3.05, 3.63) is 82.8 Å². The highest BCUT2D eigenvalue weighted by atomic mass is 35.5. The summed E-state index contributed by atoms with van der Waals surface area (Å²) in [6.45, 7) is 1.69. The van der Waals surface area contributed by atoms with Gasteiger partial charge in [0.2, 0.25) is 0 Å². The van der Waals surface area contributed by atoms with E-state index in [9.17, 15) is 4.79 Å². The Kier molecular flexibility index (Phi) is 4.54. The van der Waals surface area contributed by atoms with E-state index in [1.54, 1.807) is 30.5 Å². The highest BCUT2D eigenvalue weighted by Crippen LogP contribution is 2.22. The molecule has 0 saturated carbocycles. The number of hydrogen-bond donors (Lipinski definition) is 1. The zero-order chi connectivity index (χ0) is 17.9. The van der Waals surface area contributed by atoms with Crippen molar-refractivity contribution < 1.29 is 4.79 Å². The molecule has 0 unspecified atom stereocenters. The van der Waals surface area contributed by atoms with E-state index in [0.717, 1.165) is 25.3 Å². The maximum absolute atomic E-state index is 12.3. The third-order valence-electron chi connectivity index (χ3n) is 4.41. The summed E-state index contributed by atoms with van der Waals surface area (Å²) < 4.78 is 0. The van der Waals surface area contributed by atoms with Gasteiger partial charge >= 0.3 is 0 Å².